The van der Waals surface area contributed by atoms with Crippen LogP contribution in [0.3, 0.4) is 0 Å². The standard InChI is InChI=1S/C7H4BO/c1-2-4-7-6(3-1)5-8-9-7/h2-5H. The molecule has 0 aliphatic rings. The molecule has 1 aromatic carbocycles. The van der Waals surface area contributed by atoms with E-state index < -0.39 is 0 Å². The number of rotatable bonds is 0. The second kappa shape index (κ2) is 1.73. The van der Waals surface area contributed by atoms with E-state index in [1.54, 1.807) is 7.13 Å². The van der Waals surface area contributed by atoms with Crippen molar-refractivity contribution >= 4 is 18.1 Å². The van der Waals surface area contributed by atoms with Gasteiger partial charge in [-0.2, -0.15) is 0 Å². The molecule has 1 radical (unpaired) electrons. The van der Waals surface area contributed by atoms with E-state index in [0.717, 1.165) is 11.0 Å². The Hall–Kier alpha value is -1.05. The second-order valence-electron chi connectivity index (χ2n) is 1.88. The fraction of sp³-hybridized carbons (Fsp3) is 0. The third-order valence-corrected chi connectivity index (χ3v) is 1.30. The summed E-state index contributed by atoms with van der Waals surface area (Å²) in [5.41, 5.74) is 0.925. The average Bonchev–Trinajstić information content (AvgIpc) is 2.33. The van der Waals surface area contributed by atoms with Crippen LogP contribution < -0.4 is 0 Å². The number of benzene rings is 1. The summed E-state index contributed by atoms with van der Waals surface area (Å²) in [6.45, 7) is 0. The Morgan fingerprint density at radius 1 is 1.56 bits per heavy atom. The summed E-state index contributed by atoms with van der Waals surface area (Å²) in [5.74, 6) is 1.92. The SMILES string of the molecule is b1cc2c[c]ccc2o1. The van der Waals surface area contributed by atoms with Gasteiger partial charge in [0.2, 0.25) is 0 Å². The van der Waals surface area contributed by atoms with Crippen molar-refractivity contribution in [3.63, 3.8) is 0 Å². The molecule has 2 heteroatoms. The van der Waals surface area contributed by atoms with Gasteiger partial charge in [-0.3, -0.25) is 0 Å². The van der Waals surface area contributed by atoms with E-state index >= 15 is 0 Å². The molecule has 0 saturated carbocycles. The second-order valence-corrected chi connectivity index (χ2v) is 1.88. The predicted octanol–water partition coefficient (Wildman–Crippen LogP) is 1.57. The van der Waals surface area contributed by atoms with Crippen LogP contribution >= 0.6 is 0 Å². The van der Waals surface area contributed by atoms with Crippen LogP contribution in [0.5, 0.6) is 0 Å². The van der Waals surface area contributed by atoms with Gasteiger partial charge < -0.3 is 0 Å². The number of fused-ring (bicyclic) bond motifs is 1. The van der Waals surface area contributed by atoms with Crippen molar-refractivity contribution in [3.8, 4) is 0 Å². The van der Waals surface area contributed by atoms with Gasteiger partial charge >= 0.3 is 52.7 Å². The van der Waals surface area contributed by atoms with Crippen molar-refractivity contribution in [2.75, 3.05) is 0 Å². The van der Waals surface area contributed by atoms with Crippen molar-refractivity contribution in [1.29, 1.82) is 0 Å². The van der Waals surface area contributed by atoms with E-state index in [4.69, 9.17) is 4.33 Å². The molecule has 0 aliphatic heterocycles. The predicted molar refractivity (Wildman–Crippen MR) is 36.4 cm³/mol. The molecular formula is C7H4BO. The average molecular weight is 115 g/mol. The molecule has 2 aromatic rings. The van der Waals surface area contributed by atoms with E-state index in [1.165, 1.54) is 0 Å². The van der Waals surface area contributed by atoms with Crippen molar-refractivity contribution in [1.82, 2.24) is 0 Å². The molecule has 0 amide bonds. The third kappa shape index (κ3) is 0.671. The Kier molecular flexibility index (Phi) is 0.920. The van der Waals surface area contributed by atoms with Gasteiger partial charge in [-0.25, -0.2) is 0 Å². The number of hydrogen-bond acceptors (Lipinski definition) is 1. The van der Waals surface area contributed by atoms with E-state index in [0.29, 0.717) is 0 Å². The van der Waals surface area contributed by atoms with Gasteiger partial charge in [0.05, 0.1) is 0 Å². The Labute approximate surface area is 53.5 Å². The molecular weight excluding hydrogens is 111 g/mol. The summed E-state index contributed by atoms with van der Waals surface area (Å²) < 4.78 is 5.10. The van der Waals surface area contributed by atoms with E-state index in [9.17, 15) is 0 Å². The van der Waals surface area contributed by atoms with E-state index in [1.807, 2.05) is 24.2 Å². The summed E-state index contributed by atoms with van der Waals surface area (Å²) in [6.07, 6.45) is 0. The fourth-order valence-corrected chi connectivity index (χ4v) is 0.847. The van der Waals surface area contributed by atoms with Crippen molar-refractivity contribution in [3.05, 3.63) is 30.2 Å². The summed E-state index contributed by atoms with van der Waals surface area (Å²) in [6, 6.07) is 8.60. The van der Waals surface area contributed by atoms with Crippen molar-refractivity contribution in [2.45, 2.75) is 0 Å². The van der Waals surface area contributed by atoms with Gasteiger partial charge in [0.25, 0.3) is 0 Å². The topological polar surface area (TPSA) is 13.1 Å². The van der Waals surface area contributed by atoms with Gasteiger partial charge in [-0.05, 0) is 0 Å². The molecule has 0 bridgehead atoms. The Morgan fingerprint density at radius 2 is 2.56 bits per heavy atom. The zero-order valence-corrected chi connectivity index (χ0v) is 4.79. The summed E-state index contributed by atoms with van der Waals surface area (Å²) in [4.78, 5) is 0. The Bertz CT molecular complexity index is 283. The molecule has 0 atom stereocenters. The summed E-state index contributed by atoms with van der Waals surface area (Å²) in [7, 11) is 1.68. The molecule has 0 unspecified atom stereocenters. The maximum atomic E-state index is 5.10. The first kappa shape index (κ1) is 4.80. The first-order valence-corrected chi connectivity index (χ1v) is 2.80. The zero-order valence-electron chi connectivity index (χ0n) is 4.79. The Balaban J connectivity index is 2.95. The fourth-order valence-electron chi connectivity index (χ4n) is 0.847. The first-order chi connectivity index (χ1) is 4.47. The summed E-state index contributed by atoms with van der Waals surface area (Å²) in [5, 5.41) is 1.11. The van der Waals surface area contributed by atoms with Crippen LogP contribution in [-0.2, 0) is 0 Å². The van der Waals surface area contributed by atoms with E-state index in [-0.39, 0.29) is 0 Å². The van der Waals surface area contributed by atoms with Gasteiger partial charge in [-0.1, -0.05) is 0 Å². The van der Waals surface area contributed by atoms with Crippen LogP contribution in [0.25, 0.3) is 11.0 Å². The third-order valence-electron chi connectivity index (χ3n) is 1.30. The molecule has 9 heavy (non-hydrogen) atoms. The molecule has 0 saturated heterocycles. The molecule has 0 fully saturated rings. The van der Waals surface area contributed by atoms with Crippen LogP contribution in [0.2, 0.25) is 0 Å². The van der Waals surface area contributed by atoms with Crippen LogP contribution in [0.4, 0.5) is 0 Å². The van der Waals surface area contributed by atoms with Crippen LogP contribution in [0.1, 0.15) is 0 Å². The molecule has 0 N–H and O–H groups in total. The molecule has 1 nitrogen and oxygen atoms in total. The molecule has 1 heterocycles. The van der Waals surface area contributed by atoms with E-state index in [2.05, 4.69) is 6.07 Å². The molecule has 0 aliphatic carbocycles. The summed E-state index contributed by atoms with van der Waals surface area (Å²) >= 11 is 0. The number of hydrogen-bond donors (Lipinski definition) is 0. The first-order valence-electron chi connectivity index (χ1n) is 2.80. The Morgan fingerprint density at radius 3 is 3.44 bits per heavy atom. The van der Waals surface area contributed by atoms with Crippen molar-refractivity contribution < 1.29 is 4.33 Å². The van der Waals surface area contributed by atoms with Gasteiger partial charge in [0.1, 0.15) is 0 Å². The quantitative estimate of drug-likeness (QED) is 0.507. The monoisotopic (exact) mass is 115 g/mol. The molecule has 1 aromatic heterocycles. The van der Waals surface area contributed by atoms with Gasteiger partial charge in [0.15, 0.2) is 0 Å². The van der Waals surface area contributed by atoms with Crippen LogP contribution in [0, 0.1) is 6.07 Å². The van der Waals surface area contributed by atoms with Crippen LogP contribution in [-0.4, -0.2) is 7.13 Å². The normalized spacial score (nSPS) is 9.78. The minimum absolute atomic E-state index is 0.925. The molecule has 2 rings (SSSR count). The van der Waals surface area contributed by atoms with Crippen molar-refractivity contribution in [2.24, 2.45) is 0 Å². The van der Waals surface area contributed by atoms with Gasteiger partial charge in [0, 0.05) is 0 Å². The van der Waals surface area contributed by atoms with Gasteiger partial charge in [-0.15, -0.1) is 0 Å². The maximum absolute atomic E-state index is 5.10. The molecule has 0 spiro atoms. The minimum atomic E-state index is 0.925. The van der Waals surface area contributed by atoms with Crippen LogP contribution in [0.15, 0.2) is 28.5 Å². The molecule has 41 valence electrons. The zero-order chi connectivity index (χ0) is 6.10.